The Kier molecular flexibility index (Phi) is 46.3. The van der Waals surface area contributed by atoms with Gasteiger partial charge >= 0.3 is 56.5 Å². The third-order valence-electron chi connectivity index (χ3n) is 6.25. The molecule has 1 N–H and O–H groups in total. The number of hydrogen-bond donors (Lipinski definition) is 1. The molecule has 0 atom stereocenters. The Balaban J connectivity index is -0.000000298. The molecule has 1 aliphatic carbocycles. The molecule has 0 heterocycles. The van der Waals surface area contributed by atoms with E-state index >= 15 is 0 Å². The number of carboxylic acids is 1. The van der Waals surface area contributed by atoms with Gasteiger partial charge in [-0.2, -0.15) is 0 Å². The van der Waals surface area contributed by atoms with Crippen LogP contribution in [-0.2, 0) is 14.3 Å². The number of hydrogen-bond acceptors (Lipinski definition) is 3. The van der Waals surface area contributed by atoms with Crippen LogP contribution in [0.4, 0.5) is 0 Å². The van der Waals surface area contributed by atoms with Crippen molar-refractivity contribution in [1.29, 1.82) is 0 Å². The average Bonchev–Trinajstić information content (AvgIpc) is 3.78. The molecule has 0 spiro atoms. The zero-order chi connectivity index (χ0) is 35.6. The molecule has 9 heteroatoms. The third kappa shape index (κ3) is 54.7. The van der Waals surface area contributed by atoms with Crippen molar-refractivity contribution >= 4 is 86.4 Å². The first-order chi connectivity index (χ1) is 21.2. The molecule has 0 aromatic heterocycles. The predicted octanol–water partition coefficient (Wildman–Crippen LogP) is 11.6. The number of carboxylic acid groups (broad SMARTS) is 1. The molecule has 1 rings (SSSR count). The summed E-state index contributed by atoms with van der Waals surface area (Å²) in [6.07, 6.45) is 24.5. The summed E-state index contributed by atoms with van der Waals surface area (Å²) in [5, 5.41) is 7.42. The Labute approximate surface area is 330 Å². The number of halogens is 5. The Morgan fingerprint density at radius 2 is 0.956 bits per heavy atom. The fraction of sp³-hybridized carbons (Fsp3) is 0.611. The molecule has 0 aromatic carbocycles. The number of esters is 1. The van der Waals surface area contributed by atoms with Gasteiger partial charge in [-0.1, -0.05) is 69.4 Å². The summed E-state index contributed by atoms with van der Waals surface area (Å²) in [6.45, 7) is 20.6. The van der Waals surface area contributed by atoms with E-state index in [1.807, 2.05) is 0 Å². The molecule has 1 saturated carbocycles. The molecule has 1 fully saturated rings. The molecule has 264 valence electrons. The van der Waals surface area contributed by atoms with Crippen molar-refractivity contribution in [3.8, 4) is 0 Å². The van der Waals surface area contributed by atoms with Crippen molar-refractivity contribution in [2.24, 2.45) is 0 Å². The van der Waals surface area contributed by atoms with Gasteiger partial charge in [-0.05, 0) is 126 Å². The summed E-state index contributed by atoms with van der Waals surface area (Å²) in [5.74, 6) is -1.04. The molecule has 0 aromatic rings. The van der Waals surface area contributed by atoms with Crippen LogP contribution < -0.4 is 13.3 Å². The van der Waals surface area contributed by atoms with Gasteiger partial charge in [-0.3, -0.25) is 9.59 Å². The van der Waals surface area contributed by atoms with E-state index in [2.05, 4.69) is 160 Å². The first-order valence-electron chi connectivity index (χ1n) is 15.4. The van der Waals surface area contributed by atoms with Gasteiger partial charge < -0.3 is 9.84 Å². The quantitative estimate of drug-likeness (QED) is 0.0768. The van der Waals surface area contributed by atoms with E-state index in [-0.39, 0.29) is 5.97 Å². The molecule has 4 nitrogen and oxygen atoms in total. The topological polar surface area (TPSA) is 63.6 Å². The summed E-state index contributed by atoms with van der Waals surface area (Å²) in [6, 6.07) is 0. The number of carbonyl (C=O) groups excluding carboxylic acids is 1. The molecular weight excluding hydrogens is 1130 g/mol. The van der Waals surface area contributed by atoms with Gasteiger partial charge in [0.15, 0.2) is 0 Å². The molecule has 0 saturated heterocycles. The Morgan fingerprint density at radius 3 is 1.27 bits per heavy atom. The fourth-order valence-corrected chi connectivity index (χ4v) is 3.74. The minimum absolute atomic E-state index is 0.203. The van der Waals surface area contributed by atoms with E-state index in [0.717, 1.165) is 39.0 Å². The molecule has 0 radical (unpaired) electrons. The maximum atomic E-state index is 10.6. The van der Waals surface area contributed by atoms with Crippen LogP contribution in [-0.4, -0.2) is 23.7 Å². The van der Waals surface area contributed by atoms with E-state index in [0.29, 0.717) is 19.9 Å². The van der Waals surface area contributed by atoms with Crippen LogP contribution in [0.15, 0.2) is 69.4 Å². The van der Waals surface area contributed by atoms with Crippen molar-refractivity contribution < 1.29 is 32.7 Å². The van der Waals surface area contributed by atoms with Crippen LogP contribution >= 0.6 is 74.5 Å². The van der Waals surface area contributed by atoms with Gasteiger partial charge in [0, 0.05) is 51.1 Å². The van der Waals surface area contributed by atoms with Gasteiger partial charge in [0.2, 0.25) is 0 Å². The maximum absolute atomic E-state index is 10.6. The number of carbonyl (C=O) groups is 2. The molecular formula is C36H60I5O4-. The summed E-state index contributed by atoms with van der Waals surface area (Å²) < 4.78 is 4.90. The normalized spacial score (nSPS) is 12.0. The third-order valence-corrected chi connectivity index (χ3v) is 6.25. The van der Waals surface area contributed by atoms with Crippen molar-refractivity contribution in [2.45, 2.75) is 140 Å². The van der Waals surface area contributed by atoms with Crippen LogP contribution in [0.1, 0.15) is 140 Å². The molecule has 0 aliphatic heterocycles. The standard InChI is InChI=1S/C18H30O2.C16H26.C2H4O2.I3.I2/c1-15(2)9-6-10-16(3)11-7-12-17(4)13-8-14-20-18(5)19;1-13(2)7-5-8-14(3)9-6-10-15(4)16-11-12-16;1-2(3)4;1-3-2;1-2/h9,11,13H,6-8,10,12,14H2,1-5H3;7,9H,5-6,8,10-12H2,1-4H3;1H3,(H,3,4);;/q;;;-1;/b16-11+,17-13+;14-9+;;;. The first kappa shape index (κ1) is 52.8. The number of rotatable bonds is 15. The second-order valence-electron chi connectivity index (χ2n) is 11.5. The number of aliphatic carboxylic acids is 1. The summed E-state index contributed by atoms with van der Waals surface area (Å²) in [5.41, 5.74) is 10.6. The van der Waals surface area contributed by atoms with Gasteiger partial charge in [-0.15, -0.1) is 0 Å². The van der Waals surface area contributed by atoms with Gasteiger partial charge in [-0.25, -0.2) is 0 Å². The van der Waals surface area contributed by atoms with Crippen LogP contribution in [0.2, 0.25) is 0 Å². The van der Waals surface area contributed by atoms with E-state index in [1.54, 1.807) is 16.7 Å². The van der Waals surface area contributed by atoms with Crippen molar-refractivity contribution in [2.75, 3.05) is 6.61 Å². The molecule has 0 amide bonds. The number of ether oxygens (including phenoxy) is 1. The Morgan fingerprint density at radius 1 is 0.644 bits per heavy atom. The van der Waals surface area contributed by atoms with Gasteiger partial charge in [0.25, 0.3) is 5.97 Å². The average molecular weight is 1190 g/mol. The van der Waals surface area contributed by atoms with Crippen LogP contribution in [0.3, 0.4) is 0 Å². The predicted molar refractivity (Wildman–Crippen MR) is 230 cm³/mol. The van der Waals surface area contributed by atoms with Gasteiger partial charge in [0.1, 0.15) is 0 Å². The van der Waals surface area contributed by atoms with Crippen LogP contribution in [0, 0.1) is 0 Å². The fourth-order valence-electron chi connectivity index (χ4n) is 3.74. The minimum atomic E-state index is -0.833. The summed E-state index contributed by atoms with van der Waals surface area (Å²) in [7, 11) is 0. The van der Waals surface area contributed by atoms with Gasteiger partial charge in [0.05, 0.1) is 6.61 Å². The van der Waals surface area contributed by atoms with E-state index < -0.39 is 5.97 Å². The van der Waals surface area contributed by atoms with Crippen LogP contribution in [0.25, 0.3) is 0 Å². The van der Waals surface area contributed by atoms with E-state index in [1.165, 1.54) is 67.7 Å². The monoisotopic (exact) mass is 1190 g/mol. The Bertz CT molecular complexity index is 942. The van der Waals surface area contributed by atoms with E-state index in [9.17, 15) is 4.79 Å². The van der Waals surface area contributed by atoms with Crippen molar-refractivity contribution in [3.05, 3.63) is 69.4 Å². The Hall–Kier alpha value is 1.03. The molecule has 45 heavy (non-hydrogen) atoms. The second-order valence-corrected chi connectivity index (χ2v) is 27.7. The van der Waals surface area contributed by atoms with E-state index in [4.69, 9.17) is 14.6 Å². The van der Waals surface area contributed by atoms with Crippen LogP contribution in [0.5, 0.6) is 0 Å². The summed E-state index contributed by atoms with van der Waals surface area (Å²) in [4.78, 5) is 19.6. The zero-order valence-electron chi connectivity index (χ0n) is 29.4. The molecule has 0 unspecified atom stereocenters. The molecule has 1 aliphatic rings. The van der Waals surface area contributed by atoms with Crippen molar-refractivity contribution in [3.63, 3.8) is 0 Å². The first-order valence-corrected chi connectivity index (χ1v) is 34.3. The summed E-state index contributed by atoms with van der Waals surface area (Å²) >= 11 is 9.54. The SMILES string of the molecule is CC(=O)O.CC(=O)OCC/C=C(\C)CC/C=C(\C)CCC=C(C)C.CC(C)=CCC/C(C)=C/CCC(C)=C1CC1.II.I[I-]I. The zero-order valence-corrected chi connectivity index (χ0v) is 40.2. The molecule has 0 bridgehead atoms. The second kappa shape index (κ2) is 39.5. The number of allylic oxidation sites excluding steroid dienone is 11. The van der Waals surface area contributed by atoms with Crippen molar-refractivity contribution in [1.82, 2.24) is 0 Å².